The molecule has 3 aliphatic rings. The van der Waals surface area contributed by atoms with Gasteiger partial charge in [0.05, 0.1) is 18.1 Å². The van der Waals surface area contributed by atoms with Gasteiger partial charge < -0.3 is 0 Å². The first-order valence-electron chi connectivity index (χ1n) is 19.9. The van der Waals surface area contributed by atoms with Gasteiger partial charge in [0.2, 0.25) is 18.2 Å². The van der Waals surface area contributed by atoms with Gasteiger partial charge in [0.25, 0.3) is 0 Å². The van der Waals surface area contributed by atoms with E-state index in [2.05, 4.69) is 15.0 Å². The highest BCUT2D eigenvalue weighted by atomic mass is 16.2. The van der Waals surface area contributed by atoms with Gasteiger partial charge in [-0.1, -0.05) is 57.8 Å². The lowest BCUT2D eigenvalue weighted by Gasteiger charge is -2.37. The predicted molar refractivity (Wildman–Crippen MR) is 197 cm³/mol. The van der Waals surface area contributed by atoms with Crippen LogP contribution in [-0.2, 0) is 14.4 Å². The van der Waals surface area contributed by atoms with Crippen molar-refractivity contribution in [1.29, 1.82) is 0 Å². The summed E-state index contributed by atoms with van der Waals surface area (Å²) in [5, 5.41) is 0. The van der Waals surface area contributed by atoms with Crippen molar-refractivity contribution in [3.05, 3.63) is 31.5 Å². The molecule has 0 radical (unpaired) electrons. The van der Waals surface area contributed by atoms with E-state index in [1.165, 1.54) is 13.7 Å². The van der Waals surface area contributed by atoms with Gasteiger partial charge in [-0.3, -0.25) is 0 Å². The Bertz CT molecular complexity index is 1360. The van der Waals surface area contributed by atoms with Crippen LogP contribution in [0.25, 0.3) is 0 Å². The molecule has 4 rings (SSSR count). The van der Waals surface area contributed by atoms with Crippen LogP contribution in [0.2, 0.25) is 0 Å². The van der Waals surface area contributed by atoms with Gasteiger partial charge in [-0.05, 0) is 116 Å². The summed E-state index contributed by atoms with van der Waals surface area (Å²) in [7, 11) is 0. The van der Waals surface area contributed by atoms with Gasteiger partial charge >= 0.3 is 17.1 Å². The van der Waals surface area contributed by atoms with Crippen LogP contribution in [0.5, 0.6) is 0 Å². The fraction of sp³-hybridized carbons (Fsp3) is 0.846. The minimum atomic E-state index is -0.549. The van der Waals surface area contributed by atoms with E-state index in [4.69, 9.17) is 0 Å². The number of aromatic nitrogens is 3. The number of aliphatic imine (C=N–C) groups is 3. The molecule has 6 unspecified atom stereocenters. The van der Waals surface area contributed by atoms with Crippen LogP contribution in [0.15, 0.2) is 29.4 Å². The van der Waals surface area contributed by atoms with Crippen molar-refractivity contribution in [2.75, 3.05) is 0 Å². The molecule has 6 atom stereocenters. The molecule has 3 fully saturated rings. The normalized spacial score (nSPS) is 21.2. The fourth-order valence-electron chi connectivity index (χ4n) is 9.43. The van der Waals surface area contributed by atoms with E-state index < -0.39 is 35.2 Å². The monoisotopic (exact) mass is 708 g/mol. The van der Waals surface area contributed by atoms with Crippen molar-refractivity contribution in [2.45, 2.75) is 192 Å². The summed E-state index contributed by atoms with van der Waals surface area (Å²) in [6.07, 6.45) is 22.5. The van der Waals surface area contributed by atoms with E-state index in [-0.39, 0.29) is 35.9 Å². The van der Waals surface area contributed by atoms with Crippen LogP contribution >= 0.6 is 0 Å². The predicted octanol–water partition coefficient (Wildman–Crippen LogP) is 7.05. The molecule has 0 N–H and O–H groups in total. The Kier molecular flexibility index (Phi) is 16.3. The second-order valence-corrected chi connectivity index (χ2v) is 15.8. The Morgan fingerprint density at radius 3 is 0.902 bits per heavy atom. The van der Waals surface area contributed by atoms with Gasteiger partial charge in [-0.15, -0.1) is 0 Å². The van der Waals surface area contributed by atoms with Crippen LogP contribution in [0.4, 0.5) is 0 Å². The SMILES string of the molecule is CC(CCC(C1CCCCC1)n1c(=O)n(C(CCC(C)N=C=O)C2CCCCC2)c(=O)n(C(CCC(C)N=C=O)C2CCCCC2)c1=O)N=C=O. The summed E-state index contributed by atoms with van der Waals surface area (Å²) in [6, 6.07) is -2.32. The lowest BCUT2D eigenvalue weighted by Crippen LogP contribution is -2.59. The zero-order valence-electron chi connectivity index (χ0n) is 31.2. The third-order valence-corrected chi connectivity index (χ3v) is 12.3. The molecule has 12 heteroatoms. The molecule has 3 aliphatic carbocycles. The molecule has 0 bridgehead atoms. The van der Waals surface area contributed by atoms with E-state index in [9.17, 15) is 14.4 Å². The Hall–Kier alpha value is -3.45. The van der Waals surface area contributed by atoms with Crippen LogP contribution in [-0.4, -0.2) is 50.1 Å². The molecule has 3 saturated carbocycles. The first kappa shape index (κ1) is 40.3. The average Bonchev–Trinajstić information content (AvgIpc) is 3.13. The smallest absolute Gasteiger partial charge is 0.247 e. The minimum absolute atomic E-state index is 0.0705. The molecule has 0 spiro atoms. The van der Waals surface area contributed by atoms with Crippen molar-refractivity contribution in [2.24, 2.45) is 32.7 Å². The molecule has 0 saturated heterocycles. The van der Waals surface area contributed by atoms with Crippen molar-refractivity contribution >= 4 is 18.2 Å². The van der Waals surface area contributed by atoms with E-state index in [0.717, 1.165) is 96.3 Å². The third-order valence-electron chi connectivity index (χ3n) is 12.3. The maximum atomic E-state index is 15.1. The highest BCUT2D eigenvalue weighted by Gasteiger charge is 2.37. The number of nitrogens with zero attached hydrogens (tertiary/aromatic N) is 6. The standard InChI is InChI=1S/C39H60N6O6/c1-28(40-25-46)19-22-34(31-13-7-4-8-14-31)43-37(49)44(35(23-20-29(2)41-26-47)32-15-9-5-10-16-32)39(51)45(38(43)50)36(24-21-30(3)42-27-48)33-17-11-6-12-18-33/h28-36H,4-24H2,1-3H3. The molecule has 282 valence electrons. The zero-order chi connectivity index (χ0) is 36.8. The second kappa shape index (κ2) is 20.6. The van der Waals surface area contributed by atoms with Crippen molar-refractivity contribution in [1.82, 2.24) is 13.7 Å². The Labute approximate surface area is 301 Å². The molecule has 0 aliphatic heterocycles. The van der Waals surface area contributed by atoms with Gasteiger partial charge in [0.15, 0.2) is 0 Å². The van der Waals surface area contributed by atoms with Gasteiger partial charge in [0.1, 0.15) is 0 Å². The third kappa shape index (κ3) is 10.8. The molecule has 1 aromatic heterocycles. The second-order valence-electron chi connectivity index (χ2n) is 15.8. The van der Waals surface area contributed by atoms with Crippen molar-refractivity contribution in [3.63, 3.8) is 0 Å². The Morgan fingerprint density at radius 2 is 0.686 bits per heavy atom. The first-order valence-corrected chi connectivity index (χ1v) is 19.9. The molecule has 0 amide bonds. The van der Waals surface area contributed by atoms with E-state index in [1.54, 1.807) is 18.2 Å². The summed E-state index contributed by atoms with van der Waals surface area (Å²) >= 11 is 0. The summed E-state index contributed by atoms with van der Waals surface area (Å²) < 4.78 is 4.29. The summed E-state index contributed by atoms with van der Waals surface area (Å²) in [5.41, 5.74) is -1.65. The molecular weight excluding hydrogens is 648 g/mol. The largest absolute Gasteiger partial charge is 0.336 e. The van der Waals surface area contributed by atoms with Crippen LogP contribution in [0.3, 0.4) is 0 Å². The highest BCUT2D eigenvalue weighted by molar-refractivity contribution is 5.34. The van der Waals surface area contributed by atoms with Crippen LogP contribution < -0.4 is 17.1 Å². The lowest BCUT2D eigenvalue weighted by atomic mass is 9.81. The number of hydrogen-bond acceptors (Lipinski definition) is 9. The number of hydrogen-bond donors (Lipinski definition) is 0. The van der Waals surface area contributed by atoms with E-state index in [1.807, 2.05) is 20.8 Å². The summed E-state index contributed by atoms with van der Waals surface area (Å²) in [6.45, 7) is 5.53. The Balaban J connectivity index is 2.00. The highest BCUT2D eigenvalue weighted by Crippen LogP contribution is 2.39. The maximum absolute atomic E-state index is 15.1. The van der Waals surface area contributed by atoms with Crippen molar-refractivity contribution < 1.29 is 14.4 Å². The summed E-state index contributed by atoms with van der Waals surface area (Å²) in [4.78, 5) is 90.4. The fourth-order valence-corrected chi connectivity index (χ4v) is 9.43. The van der Waals surface area contributed by atoms with Gasteiger partial charge in [0, 0.05) is 18.1 Å². The summed E-state index contributed by atoms with van der Waals surface area (Å²) in [5.74, 6) is 0.211. The van der Waals surface area contributed by atoms with Crippen LogP contribution in [0.1, 0.15) is 174 Å². The average molecular weight is 709 g/mol. The minimum Gasteiger partial charge on any atom is -0.247 e. The van der Waals surface area contributed by atoms with E-state index in [0.29, 0.717) is 38.5 Å². The number of rotatable bonds is 18. The van der Waals surface area contributed by atoms with Crippen LogP contribution in [0, 0.1) is 17.8 Å². The van der Waals surface area contributed by atoms with Crippen molar-refractivity contribution in [3.8, 4) is 0 Å². The molecule has 51 heavy (non-hydrogen) atoms. The first-order chi connectivity index (χ1) is 24.7. The number of isocyanates is 3. The topological polar surface area (TPSA) is 154 Å². The molecule has 0 aromatic carbocycles. The Morgan fingerprint density at radius 1 is 0.451 bits per heavy atom. The van der Waals surface area contributed by atoms with E-state index >= 15 is 14.4 Å². The molecule has 12 nitrogen and oxygen atoms in total. The molecule has 1 heterocycles. The lowest BCUT2D eigenvalue weighted by molar-refractivity contribution is 0.164. The molecule has 1 aromatic rings. The van der Waals surface area contributed by atoms with Gasteiger partial charge in [-0.2, -0.15) is 0 Å². The quantitative estimate of drug-likeness (QED) is 0.118. The maximum Gasteiger partial charge on any atom is 0.336 e. The van der Waals surface area contributed by atoms with Gasteiger partial charge in [-0.25, -0.2) is 57.4 Å². The molecular formula is C39H60N6O6. The number of carbonyl (C=O) groups excluding carboxylic acids is 3. The zero-order valence-corrected chi connectivity index (χ0v) is 31.2.